The lowest BCUT2D eigenvalue weighted by molar-refractivity contribution is 0.715. The van der Waals surface area contributed by atoms with Crippen LogP contribution in [0.2, 0.25) is 0 Å². The van der Waals surface area contributed by atoms with Gasteiger partial charge in [-0.25, -0.2) is 4.98 Å². The van der Waals surface area contributed by atoms with Crippen molar-refractivity contribution in [3.05, 3.63) is 56.9 Å². The fourth-order valence-corrected chi connectivity index (χ4v) is 3.44. The highest BCUT2D eigenvalue weighted by molar-refractivity contribution is 9.10. The number of nitrogens with two attached hydrogens (primary N) is 1. The van der Waals surface area contributed by atoms with Crippen LogP contribution in [0.5, 0.6) is 0 Å². The first-order chi connectivity index (χ1) is 9.08. The van der Waals surface area contributed by atoms with Crippen LogP contribution in [-0.2, 0) is 0 Å². The Morgan fingerprint density at radius 2 is 2.11 bits per heavy atom. The van der Waals surface area contributed by atoms with E-state index in [2.05, 4.69) is 25.9 Å². The highest BCUT2D eigenvalue weighted by Gasteiger charge is 2.20. The number of nitrogens with zero attached hydrogens (tertiary/aromatic N) is 1. The molecule has 19 heavy (non-hydrogen) atoms. The second-order valence-electron chi connectivity index (χ2n) is 4.16. The van der Waals surface area contributed by atoms with Gasteiger partial charge in [-0.2, -0.15) is 0 Å². The summed E-state index contributed by atoms with van der Waals surface area (Å²) >= 11 is 4.99. The first-order valence-corrected chi connectivity index (χ1v) is 7.47. The summed E-state index contributed by atoms with van der Waals surface area (Å²) in [5.41, 5.74) is 6.99. The van der Waals surface area contributed by atoms with Gasteiger partial charge < -0.3 is 10.7 Å². The van der Waals surface area contributed by atoms with Crippen molar-refractivity contribution < 1.29 is 0 Å². The highest BCUT2D eigenvalue weighted by atomic mass is 79.9. The van der Waals surface area contributed by atoms with E-state index in [1.165, 1.54) is 24.0 Å². The quantitative estimate of drug-likeness (QED) is 0.663. The summed E-state index contributed by atoms with van der Waals surface area (Å²) in [6.07, 6.45) is 1.50. The molecule has 1 heterocycles. The molecule has 4 nitrogen and oxygen atoms in total. The summed E-state index contributed by atoms with van der Waals surface area (Å²) in [5.74, 6) is 0. The zero-order chi connectivity index (χ0) is 13.8. The average molecular weight is 340 g/mol. The van der Waals surface area contributed by atoms with E-state index >= 15 is 0 Å². The van der Waals surface area contributed by atoms with E-state index in [4.69, 9.17) is 5.73 Å². The molecule has 6 heteroatoms. The van der Waals surface area contributed by atoms with Gasteiger partial charge in [0, 0.05) is 22.8 Å². The number of benzene rings is 1. The fourth-order valence-electron chi connectivity index (χ4n) is 1.69. The van der Waals surface area contributed by atoms with E-state index in [1.54, 1.807) is 0 Å². The highest BCUT2D eigenvalue weighted by Crippen LogP contribution is 2.38. The van der Waals surface area contributed by atoms with Crippen LogP contribution in [0.15, 0.2) is 51.0 Å². The normalized spacial score (nSPS) is 14.1. The van der Waals surface area contributed by atoms with Crippen LogP contribution in [0.25, 0.3) is 0 Å². The molecule has 0 fully saturated rings. The number of thioether (sulfide) groups is 1. The molecule has 0 saturated carbocycles. The topological polar surface area (TPSA) is 71.8 Å². The molecular formula is C13H14BrN3OS. The number of nitrogens with one attached hydrogen (secondary N) is 1. The molecule has 0 aliphatic heterocycles. The smallest absolute Gasteiger partial charge is 0.251 e. The largest absolute Gasteiger partial charge is 0.327 e. The molecule has 0 bridgehead atoms. The van der Waals surface area contributed by atoms with E-state index in [-0.39, 0.29) is 16.9 Å². The van der Waals surface area contributed by atoms with Crippen molar-refractivity contribution in [2.45, 2.75) is 23.4 Å². The number of rotatable bonds is 4. The maximum absolute atomic E-state index is 11.3. The number of H-pyrrole nitrogens is 1. The Morgan fingerprint density at radius 3 is 2.74 bits per heavy atom. The van der Waals surface area contributed by atoms with Gasteiger partial charge in [0.15, 0.2) is 5.16 Å². The van der Waals surface area contributed by atoms with E-state index in [0.717, 1.165) is 10.0 Å². The maximum atomic E-state index is 11.3. The van der Waals surface area contributed by atoms with Gasteiger partial charge in [0.2, 0.25) is 0 Å². The van der Waals surface area contributed by atoms with Crippen LogP contribution in [0.3, 0.4) is 0 Å². The molecule has 0 aliphatic carbocycles. The number of aromatic nitrogens is 2. The van der Waals surface area contributed by atoms with Crippen molar-refractivity contribution >= 4 is 27.7 Å². The molecule has 2 unspecified atom stereocenters. The molecule has 100 valence electrons. The molecule has 2 rings (SSSR count). The third-order valence-corrected chi connectivity index (χ3v) is 4.67. The van der Waals surface area contributed by atoms with Crippen molar-refractivity contribution in [3.8, 4) is 0 Å². The molecule has 0 aliphatic rings. The van der Waals surface area contributed by atoms with Gasteiger partial charge in [-0.1, -0.05) is 45.9 Å². The Balaban J connectivity index is 2.32. The predicted octanol–water partition coefficient (Wildman–Crippen LogP) is 2.71. The van der Waals surface area contributed by atoms with E-state index in [0.29, 0.717) is 5.16 Å². The van der Waals surface area contributed by atoms with Crippen LogP contribution in [0.1, 0.15) is 17.7 Å². The van der Waals surface area contributed by atoms with Crippen molar-refractivity contribution in [1.82, 2.24) is 9.97 Å². The van der Waals surface area contributed by atoms with E-state index < -0.39 is 0 Å². The van der Waals surface area contributed by atoms with Gasteiger partial charge in [-0.05, 0) is 18.6 Å². The summed E-state index contributed by atoms with van der Waals surface area (Å²) in [6, 6.07) is 9.24. The zero-order valence-corrected chi connectivity index (χ0v) is 12.7. The second kappa shape index (κ2) is 6.36. The van der Waals surface area contributed by atoms with Gasteiger partial charge >= 0.3 is 0 Å². The minimum absolute atomic E-state index is 0.0149. The van der Waals surface area contributed by atoms with Crippen LogP contribution in [0.4, 0.5) is 0 Å². The minimum atomic E-state index is -0.159. The number of hydrogen-bond donors (Lipinski definition) is 2. The monoisotopic (exact) mass is 339 g/mol. The summed E-state index contributed by atoms with van der Waals surface area (Å²) in [5, 5.41) is 0.590. The lowest BCUT2D eigenvalue weighted by atomic mass is 10.1. The first-order valence-electron chi connectivity index (χ1n) is 5.80. The molecule has 2 aromatic rings. The molecule has 3 N–H and O–H groups in total. The molecular weight excluding hydrogens is 326 g/mol. The van der Waals surface area contributed by atoms with Gasteiger partial charge in [-0.3, -0.25) is 4.79 Å². The Morgan fingerprint density at radius 1 is 1.37 bits per heavy atom. The molecule has 0 spiro atoms. The standard InChI is InChI=1S/C13H14BrN3OS/c1-8(15)12(9-4-2-3-5-10(9)14)19-13-16-7-6-11(18)17-13/h2-8,12H,15H2,1H3,(H,16,17,18). The van der Waals surface area contributed by atoms with Gasteiger partial charge in [0.05, 0.1) is 5.25 Å². The van der Waals surface area contributed by atoms with Crippen molar-refractivity contribution in [2.75, 3.05) is 0 Å². The summed E-state index contributed by atoms with van der Waals surface area (Å²) in [4.78, 5) is 18.2. The van der Waals surface area contributed by atoms with Crippen molar-refractivity contribution in [1.29, 1.82) is 0 Å². The van der Waals surface area contributed by atoms with Crippen LogP contribution in [0, 0.1) is 0 Å². The molecule has 1 aromatic carbocycles. The lowest BCUT2D eigenvalue weighted by Gasteiger charge is -2.21. The molecule has 2 atom stereocenters. The number of aromatic amines is 1. The molecule has 1 aromatic heterocycles. The van der Waals surface area contributed by atoms with Crippen molar-refractivity contribution in [2.24, 2.45) is 5.73 Å². The molecule has 0 saturated heterocycles. The Kier molecular flexibility index (Phi) is 4.79. The lowest BCUT2D eigenvalue weighted by Crippen LogP contribution is -2.23. The molecule has 0 amide bonds. The number of hydrogen-bond acceptors (Lipinski definition) is 4. The number of halogens is 1. The second-order valence-corrected chi connectivity index (χ2v) is 6.14. The van der Waals surface area contributed by atoms with Crippen LogP contribution >= 0.6 is 27.7 Å². The van der Waals surface area contributed by atoms with Crippen LogP contribution < -0.4 is 11.3 Å². The summed E-state index contributed by atoms with van der Waals surface area (Å²) in [6.45, 7) is 1.94. The van der Waals surface area contributed by atoms with Gasteiger partial charge in [0.25, 0.3) is 5.56 Å². The summed E-state index contributed by atoms with van der Waals surface area (Å²) in [7, 11) is 0. The maximum Gasteiger partial charge on any atom is 0.251 e. The minimum Gasteiger partial charge on any atom is -0.327 e. The fraction of sp³-hybridized carbons (Fsp3) is 0.231. The van der Waals surface area contributed by atoms with Gasteiger partial charge in [0.1, 0.15) is 0 Å². The Bertz CT molecular complexity index is 615. The van der Waals surface area contributed by atoms with E-state index in [1.807, 2.05) is 31.2 Å². The Labute approximate surface area is 124 Å². The average Bonchev–Trinajstić information content (AvgIpc) is 2.37. The Hall–Kier alpha value is -1.11. The summed E-state index contributed by atoms with van der Waals surface area (Å²) < 4.78 is 1.00. The third kappa shape index (κ3) is 3.68. The van der Waals surface area contributed by atoms with Crippen LogP contribution in [-0.4, -0.2) is 16.0 Å². The van der Waals surface area contributed by atoms with E-state index in [9.17, 15) is 4.79 Å². The van der Waals surface area contributed by atoms with Gasteiger partial charge in [-0.15, -0.1) is 0 Å². The molecule has 0 radical (unpaired) electrons. The SMILES string of the molecule is CC(N)C(Sc1nccc(=O)[nH]1)c1ccccc1Br. The predicted molar refractivity (Wildman–Crippen MR) is 81.2 cm³/mol. The third-order valence-electron chi connectivity index (χ3n) is 2.58. The van der Waals surface area contributed by atoms with Crippen molar-refractivity contribution in [3.63, 3.8) is 0 Å². The first kappa shape index (κ1) is 14.3. The zero-order valence-electron chi connectivity index (χ0n) is 10.3.